The molecule has 3 rings (SSSR count). The lowest BCUT2D eigenvalue weighted by atomic mass is 10.2. The molecule has 0 aliphatic rings. The lowest BCUT2D eigenvalue weighted by Gasteiger charge is -2.10. The summed E-state index contributed by atoms with van der Waals surface area (Å²) in [5.74, 6) is -2.04. The van der Waals surface area contributed by atoms with Gasteiger partial charge in [0, 0.05) is 6.20 Å². The highest BCUT2D eigenvalue weighted by molar-refractivity contribution is 6.99. The van der Waals surface area contributed by atoms with Gasteiger partial charge in [-0.15, -0.1) is 0 Å². The number of aryl methyl sites for hydroxylation is 1. The van der Waals surface area contributed by atoms with Crippen molar-refractivity contribution in [1.82, 2.24) is 18.3 Å². The van der Waals surface area contributed by atoms with Crippen molar-refractivity contribution in [2.45, 2.75) is 6.92 Å². The molecule has 0 fully saturated rings. The Morgan fingerprint density at radius 1 is 1.45 bits per heavy atom. The van der Waals surface area contributed by atoms with Gasteiger partial charge in [-0.3, -0.25) is 9.36 Å². The third-order valence-electron chi connectivity index (χ3n) is 2.98. The number of rotatable bonds is 2. The second-order valence-electron chi connectivity index (χ2n) is 4.35. The number of carboxylic acid groups (broad SMARTS) is 1. The predicted octanol–water partition coefficient (Wildman–Crippen LogP) is 2.04. The minimum Gasteiger partial charge on any atom is -0.477 e. The highest BCUT2D eigenvalue weighted by Gasteiger charge is 2.20. The molecule has 3 heterocycles. The molecule has 0 aliphatic carbocycles. The van der Waals surface area contributed by atoms with Gasteiger partial charge in [0.05, 0.1) is 22.8 Å². The van der Waals surface area contributed by atoms with Gasteiger partial charge >= 0.3 is 5.97 Å². The van der Waals surface area contributed by atoms with E-state index in [1.54, 1.807) is 6.92 Å². The molecule has 0 saturated carbocycles. The summed E-state index contributed by atoms with van der Waals surface area (Å²) in [7, 11) is 0. The molecule has 0 amide bonds. The molecule has 1 N–H and O–H groups in total. The van der Waals surface area contributed by atoms with Crippen LogP contribution in [-0.2, 0) is 0 Å². The Kier molecular flexibility index (Phi) is 3.38. The second-order valence-corrected chi connectivity index (χ2v) is 5.24. The van der Waals surface area contributed by atoms with Crippen molar-refractivity contribution in [2.24, 2.45) is 0 Å². The maximum Gasteiger partial charge on any atom is 0.341 e. The van der Waals surface area contributed by atoms with Gasteiger partial charge in [-0.1, -0.05) is 11.6 Å². The van der Waals surface area contributed by atoms with Crippen molar-refractivity contribution in [3.05, 3.63) is 44.7 Å². The molecule has 0 radical (unpaired) electrons. The summed E-state index contributed by atoms with van der Waals surface area (Å²) in [6.07, 6.45) is 1.08. The third-order valence-corrected chi connectivity index (χ3v) is 3.85. The van der Waals surface area contributed by atoms with E-state index in [0.717, 1.165) is 24.0 Å². The third kappa shape index (κ3) is 2.14. The van der Waals surface area contributed by atoms with Crippen LogP contribution in [0.15, 0.2) is 17.1 Å². The summed E-state index contributed by atoms with van der Waals surface area (Å²) in [5, 5.41) is 8.53. The summed E-state index contributed by atoms with van der Waals surface area (Å²) < 4.78 is 22.9. The summed E-state index contributed by atoms with van der Waals surface area (Å²) in [6, 6.07) is 0.866. The molecule has 0 atom stereocenters. The first kappa shape index (κ1) is 14.5. The van der Waals surface area contributed by atoms with Gasteiger partial charge in [-0.25, -0.2) is 14.2 Å². The number of carbonyl (C=O) groups is 1. The zero-order chi connectivity index (χ0) is 16.0. The first-order chi connectivity index (χ1) is 10.4. The smallest absolute Gasteiger partial charge is 0.341 e. The maximum atomic E-state index is 13.6. The predicted molar refractivity (Wildman–Crippen MR) is 77.5 cm³/mol. The molecular weight excluding hydrogens is 335 g/mol. The van der Waals surface area contributed by atoms with E-state index in [-0.39, 0.29) is 11.0 Å². The minimum atomic E-state index is -1.43. The Morgan fingerprint density at radius 2 is 2.18 bits per heavy atom. The van der Waals surface area contributed by atoms with Crippen LogP contribution in [0.4, 0.5) is 4.39 Å². The Labute approximate surface area is 130 Å². The molecule has 112 valence electrons. The average Bonchev–Trinajstić information content (AvgIpc) is 2.87. The van der Waals surface area contributed by atoms with Gasteiger partial charge in [-0.2, -0.15) is 8.75 Å². The van der Waals surface area contributed by atoms with Crippen LogP contribution >= 0.6 is 23.3 Å². The molecule has 0 bridgehead atoms. The van der Waals surface area contributed by atoms with Crippen molar-refractivity contribution in [3.63, 3.8) is 0 Å². The van der Waals surface area contributed by atoms with E-state index in [9.17, 15) is 14.0 Å². The van der Waals surface area contributed by atoms with Crippen LogP contribution in [0.25, 0.3) is 16.9 Å². The topological polar surface area (TPSA) is 98.0 Å². The summed E-state index contributed by atoms with van der Waals surface area (Å²) in [4.78, 5) is 27.2. The van der Waals surface area contributed by atoms with Gasteiger partial charge in [0.1, 0.15) is 5.56 Å². The van der Waals surface area contributed by atoms with E-state index in [0.29, 0.717) is 11.5 Å². The Bertz CT molecular complexity index is 984. The fourth-order valence-corrected chi connectivity index (χ4v) is 2.64. The normalized spacial score (nSPS) is 11.0. The Morgan fingerprint density at radius 3 is 2.77 bits per heavy atom. The number of carboxylic acids is 1. The van der Waals surface area contributed by atoms with Crippen LogP contribution in [0.1, 0.15) is 16.1 Å². The van der Waals surface area contributed by atoms with Crippen molar-refractivity contribution < 1.29 is 14.3 Å². The highest BCUT2D eigenvalue weighted by Crippen LogP contribution is 2.21. The number of fused-ring (bicyclic) bond motifs is 1. The molecule has 7 nitrogen and oxygen atoms in total. The van der Waals surface area contributed by atoms with Crippen molar-refractivity contribution >= 4 is 40.3 Å². The summed E-state index contributed by atoms with van der Waals surface area (Å²) in [6.45, 7) is 1.66. The average molecular weight is 341 g/mol. The molecule has 3 aromatic rings. The molecule has 0 saturated heterocycles. The summed E-state index contributed by atoms with van der Waals surface area (Å²) in [5.41, 5.74) is -0.850. The highest BCUT2D eigenvalue weighted by atomic mass is 35.5. The Hall–Kier alpha value is -2.39. The van der Waals surface area contributed by atoms with Crippen molar-refractivity contribution in [1.29, 1.82) is 0 Å². The van der Waals surface area contributed by atoms with Crippen LogP contribution in [0.5, 0.6) is 0 Å². The van der Waals surface area contributed by atoms with Crippen LogP contribution < -0.4 is 5.43 Å². The maximum absolute atomic E-state index is 13.6. The molecule has 0 spiro atoms. The van der Waals surface area contributed by atoms with Crippen LogP contribution in [0.3, 0.4) is 0 Å². The first-order valence-electron chi connectivity index (χ1n) is 5.84. The second kappa shape index (κ2) is 5.11. The molecule has 10 heteroatoms. The molecule has 0 aromatic carbocycles. The van der Waals surface area contributed by atoms with Gasteiger partial charge < -0.3 is 5.11 Å². The number of pyridine rings is 2. The fourth-order valence-electron chi connectivity index (χ4n) is 1.96. The van der Waals surface area contributed by atoms with E-state index < -0.39 is 27.9 Å². The minimum absolute atomic E-state index is 0.0113. The largest absolute Gasteiger partial charge is 0.477 e. The quantitative estimate of drug-likeness (QED) is 0.717. The molecule has 0 aliphatic heterocycles. The number of aromatic carboxylic acids is 1. The SMILES string of the molecule is Cc1nsnc1-n1cc(C(=O)O)c(=O)c2cc(F)c(Cl)nc21. The van der Waals surface area contributed by atoms with Gasteiger partial charge in [-0.05, 0) is 13.0 Å². The number of aromatic nitrogens is 4. The number of hydrogen-bond donors (Lipinski definition) is 1. The lowest BCUT2D eigenvalue weighted by molar-refractivity contribution is 0.0695. The van der Waals surface area contributed by atoms with E-state index in [1.807, 2.05) is 0 Å². The molecule has 22 heavy (non-hydrogen) atoms. The van der Waals surface area contributed by atoms with Crippen LogP contribution in [-0.4, -0.2) is 29.4 Å². The van der Waals surface area contributed by atoms with E-state index in [1.165, 1.54) is 4.57 Å². The van der Waals surface area contributed by atoms with E-state index >= 15 is 0 Å². The summed E-state index contributed by atoms with van der Waals surface area (Å²) >= 11 is 6.58. The van der Waals surface area contributed by atoms with Crippen molar-refractivity contribution in [2.75, 3.05) is 0 Å². The van der Waals surface area contributed by atoms with Gasteiger partial charge in [0.2, 0.25) is 5.43 Å². The molecule has 3 aromatic heterocycles. The zero-order valence-corrected chi connectivity index (χ0v) is 12.4. The lowest BCUT2D eigenvalue weighted by Crippen LogP contribution is -2.19. The molecular formula is C12H6ClFN4O3S. The van der Waals surface area contributed by atoms with Gasteiger partial charge in [0.25, 0.3) is 0 Å². The van der Waals surface area contributed by atoms with Crippen molar-refractivity contribution in [3.8, 4) is 5.82 Å². The zero-order valence-electron chi connectivity index (χ0n) is 10.9. The fraction of sp³-hybridized carbons (Fsp3) is 0.0833. The standard InChI is InChI=1S/C12H6ClFN4O3S/c1-4-10(17-22-16-4)18-3-6(12(20)21)8(19)5-2-7(14)9(13)15-11(5)18/h2-3H,1H3,(H,20,21). The number of nitrogens with zero attached hydrogens (tertiary/aromatic N) is 4. The number of halogens is 2. The van der Waals surface area contributed by atoms with Crippen LogP contribution in [0.2, 0.25) is 5.15 Å². The number of hydrogen-bond acceptors (Lipinski definition) is 6. The van der Waals surface area contributed by atoms with E-state index in [4.69, 9.17) is 16.7 Å². The molecule has 0 unspecified atom stereocenters. The monoisotopic (exact) mass is 340 g/mol. The van der Waals surface area contributed by atoms with E-state index in [2.05, 4.69) is 13.7 Å². The van der Waals surface area contributed by atoms with Gasteiger partial charge in [0.15, 0.2) is 22.4 Å². The first-order valence-corrected chi connectivity index (χ1v) is 6.95. The Balaban J connectivity index is 2.53. The van der Waals surface area contributed by atoms with Crippen LogP contribution in [0, 0.1) is 12.7 Å².